The van der Waals surface area contributed by atoms with Crippen molar-refractivity contribution in [2.24, 2.45) is 5.92 Å². The van der Waals surface area contributed by atoms with E-state index < -0.39 is 23.5 Å². The smallest absolute Gasteiger partial charge is 0.407 e. The van der Waals surface area contributed by atoms with E-state index in [1.165, 1.54) is 36.9 Å². The van der Waals surface area contributed by atoms with Crippen LogP contribution in [0.1, 0.15) is 37.3 Å². The van der Waals surface area contributed by atoms with Crippen molar-refractivity contribution in [3.05, 3.63) is 59.7 Å². The molecule has 2 aromatic rings. The van der Waals surface area contributed by atoms with E-state index in [4.69, 9.17) is 9.47 Å². The van der Waals surface area contributed by atoms with Gasteiger partial charge in [-0.2, -0.15) is 0 Å². The van der Waals surface area contributed by atoms with E-state index in [0.717, 1.165) is 11.1 Å². The number of carbonyl (C=O) groups is 3. The molecule has 1 aliphatic carbocycles. The van der Waals surface area contributed by atoms with Crippen LogP contribution in [-0.2, 0) is 19.1 Å². The minimum atomic E-state index is -1.31. The van der Waals surface area contributed by atoms with Gasteiger partial charge < -0.3 is 24.8 Å². The van der Waals surface area contributed by atoms with Crippen molar-refractivity contribution in [1.29, 1.82) is 0 Å². The van der Waals surface area contributed by atoms with Gasteiger partial charge >= 0.3 is 12.1 Å². The summed E-state index contributed by atoms with van der Waals surface area (Å²) in [5, 5.41) is 12.1. The number of nitrogens with zero attached hydrogens (tertiary/aromatic N) is 1. The van der Waals surface area contributed by atoms with Crippen LogP contribution in [0.3, 0.4) is 0 Å². The van der Waals surface area contributed by atoms with E-state index in [1.807, 2.05) is 24.3 Å². The Morgan fingerprint density at radius 2 is 1.68 bits per heavy atom. The second-order valence-electron chi connectivity index (χ2n) is 9.36. The van der Waals surface area contributed by atoms with Crippen molar-refractivity contribution < 1.29 is 29.0 Å². The number of benzene rings is 2. The number of alkyl carbamates (subject to hydrolysis) is 1. The van der Waals surface area contributed by atoms with Crippen LogP contribution in [0.15, 0.2) is 48.5 Å². The van der Waals surface area contributed by atoms with Crippen LogP contribution in [0.25, 0.3) is 11.1 Å². The second-order valence-corrected chi connectivity index (χ2v) is 9.36. The van der Waals surface area contributed by atoms with E-state index in [2.05, 4.69) is 29.6 Å². The van der Waals surface area contributed by atoms with Gasteiger partial charge in [-0.15, -0.1) is 0 Å². The molecule has 180 valence electrons. The van der Waals surface area contributed by atoms with Gasteiger partial charge in [-0.1, -0.05) is 48.5 Å². The first-order valence-electron chi connectivity index (χ1n) is 11.4. The summed E-state index contributed by atoms with van der Waals surface area (Å²) in [6.07, 6.45) is -0.470. The zero-order valence-electron chi connectivity index (χ0n) is 19.6. The Balaban J connectivity index is 1.27. The lowest BCUT2D eigenvalue weighted by atomic mass is 9.98. The lowest BCUT2D eigenvalue weighted by Gasteiger charge is -2.33. The molecule has 1 saturated heterocycles. The van der Waals surface area contributed by atoms with E-state index in [9.17, 15) is 19.5 Å². The van der Waals surface area contributed by atoms with Crippen LogP contribution in [0.5, 0.6) is 0 Å². The first-order valence-corrected chi connectivity index (χ1v) is 11.4. The maximum absolute atomic E-state index is 12.7. The van der Waals surface area contributed by atoms with Crippen molar-refractivity contribution in [1.82, 2.24) is 10.2 Å². The summed E-state index contributed by atoms with van der Waals surface area (Å²) in [5.41, 5.74) is 3.31. The van der Waals surface area contributed by atoms with Gasteiger partial charge in [0.1, 0.15) is 12.1 Å². The fourth-order valence-electron chi connectivity index (χ4n) is 4.56. The number of carbonyl (C=O) groups excluding carboxylic acids is 2. The number of hydrogen-bond acceptors (Lipinski definition) is 5. The van der Waals surface area contributed by atoms with Crippen LogP contribution >= 0.6 is 0 Å². The summed E-state index contributed by atoms with van der Waals surface area (Å²) in [6, 6.07) is 16.3. The largest absolute Gasteiger partial charge is 0.480 e. The van der Waals surface area contributed by atoms with E-state index in [1.54, 1.807) is 0 Å². The number of rotatable bonds is 7. The summed E-state index contributed by atoms with van der Waals surface area (Å²) in [4.78, 5) is 37.8. The number of carboxylic acid groups (broad SMARTS) is 1. The maximum Gasteiger partial charge on any atom is 0.407 e. The number of hydrogen-bond donors (Lipinski definition) is 2. The molecule has 4 rings (SSSR count). The minimum absolute atomic E-state index is 0.0176. The minimum Gasteiger partial charge on any atom is -0.480 e. The zero-order chi connectivity index (χ0) is 24.5. The van der Waals surface area contributed by atoms with Gasteiger partial charge in [0.05, 0.1) is 18.6 Å². The molecule has 2 atom stereocenters. The Hall–Kier alpha value is -3.39. The van der Waals surface area contributed by atoms with Gasteiger partial charge in [0, 0.05) is 19.5 Å². The highest BCUT2D eigenvalue weighted by atomic mass is 16.5. The molecule has 2 aromatic carbocycles. The van der Waals surface area contributed by atoms with Crippen molar-refractivity contribution in [2.75, 3.05) is 26.8 Å². The van der Waals surface area contributed by atoms with E-state index >= 15 is 0 Å². The Morgan fingerprint density at radius 1 is 1.09 bits per heavy atom. The fourth-order valence-corrected chi connectivity index (χ4v) is 4.56. The van der Waals surface area contributed by atoms with Crippen molar-refractivity contribution >= 4 is 18.0 Å². The summed E-state index contributed by atoms with van der Waals surface area (Å²) in [7, 11) is 1.48. The highest BCUT2D eigenvalue weighted by Crippen LogP contribution is 2.44. The van der Waals surface area contributed by atoms with Gasteiger partial charge in [-0.3, -0.25) is 4.79 Å². The molecule has 0 bridgehead atoms. The predicted octanol–water partition coefficient (Wildman–Crippen LogP) is 3.25. The van der Waals surface area contributed by atoms with Crippen molar-refractivity contribution in [2.45, 2.75) is 37.8 Å². The molecule has 2 N–H and O–H groups in total. The zero-order valence-corrected chi connectivity index (χ0v) is 19.6. The lowest BCUT2D eigenvalue weighted by molar-refractivity contribution is -0.157. The van der Waals surface area contributed by atoms with E-state index in [0.29, 0.717) is 6.42 Å². The Labute approximate surface area is 198 Å². The lowest BCUT2D eigenvalue weighted by Crippen LogP contribution is -2.52. The first kappa shape index (κ1) is 23.8. The molecule has 8 heteroatoms. The number of amides is 2. The van der Waals surface area contributed by atoms with Gasteiger partial charge in [0.25, 0.3) is 0 Å². The molecule has 2 aliphatic rings. The molecular weight excluding hydrogens is 436 g/mol. The molecule has 0 unspecified atom stereocenters. The third-order valence-corrected chi connectivity index (χ3v) is 6.94. The predicted molar refractivity (Wildman–Crippen MR) is 125 cm³/mol. The summed E-state index contributed by atoms with van der Waals surface area (Å²) >= 11 is 0. The number of ether oxygens (including phenoxy) is 2. The average Bonchev–Trinajstić information content (AvgIpc) is 3.43. The third-order valence-electron chi connectivity index (χ3n) is 6.94. The van der Waals surface area contributed by atoms with Crippen LogP contribution < -0.4 is 5.32 Å². The fraction of sp³-hybridized carbons (Fsp3) is 0.423. The van der Waals surface area contributed by atoms with Gasteiger partial charge in [-0.25, -0.2) is 9.59 Å². The average molecular weight is 467 g/mol. The van der Waals surface area contributed by atoms with Gasteiger partial charge in [0.15, 0.2) is 0 Å². The molecule has 1 heterocycles. The monoisotopic (exact) mass is 466 g/mol. The summed E-state index contributed by atoms with van der Waals surface area (Å²) in [5.74, 6) is -1.82. The standard InChI is InChI=1S/C26H30N2O6/c1-26(2,24(30)31)28(3)23(29)16-12-17(33-14-16)13-27-25(32)34-15-22-20-10-6-4-8-18(20)19-9-5-7-11-21(19)22/h4-11,16-17,22H,12-15H2,1-3H3,(H,27,32)(H,30,31)/t16-,17-/m0/s1. The molecule has 1 aliphatic heterocycles. The van der Waals surface area contributed by atoms with Crippen LogP contribution in [0, 0.1) is 5.92 Å². The molecule has 2 amide bonds. The molecule has 0 aromatic heterocycles. The Morgan fingerprint density at radius 3 is 2.26 bits per heavy atom. The molecular formula is C26H30N2O6. The quantitative estimate of drug-likeness (QED) is 0.649. The third kappa shape index (κ3) is 4.50. The van der Waals surface area contributed by atoms with Crippen molar-refractivity contribution in [3.8, 4) is 11.1 Å². The van der Waals surface area contributed by atoms with Gasteiger partial charge in [-0.05, 0) is 42.5 Å². The first-order chi connectivity index (χ1) is 16.2. The number of aliphatic carboxylic acids is 1. The molecule has 0 saturated carbocycles. The number of likely N-dealkylation sites (N-methyl/N-ethyl adjacent to an activating group) is 1. The maximum atomic E-state index is 12.7. The normalized spacial score (nSPS) is 19.3. The molecule has 1 fully saturated rings. The van der Waals surface area contributed by atoms with Crippen LogP contribution in [0.2, 0.25) is 0 Å². The summed E-state index contributed by atoms with van der Waals surface area (Å²) < 4.78 is 11.2. The van der Waals surface area contributed by atoms with Gasteiger partial charge in [0.2, 0.25) is 5.91 Å². The molecule has 0 spiro atoms. The highest BCUT2D eigenvalue weighted by Gasteiger charge is 2.40. The number of fused-ring (bicyclic) bond motifs is 3. The molecule has 8 nitrogen and oxygen atoms in total. The van der Waals surface area contributed by atoms with Crippen molar-refractivity contribution in [3.63, 3.8) is 0 Å². The molecule has 0 radical (unpaired) electrons. The Kier molecular flexibility index (Phi) is 6.61. The number of nitrogens with one attached hydrogen (secondary N) is 1. The SMILES string of the molecule is CN(C(=O)[C@@H]1CO[C@H](CNC(=O)OCC2c3ccccc3-c3ccccc32)C1)C(C)(C)C(=O)O. The van der Waals surface area contributed by atoms with E-state index in [-0.39, 0.29) is 37.7 Å². The van der Waals surface area contributed by atoms with Crippen LogP contribution in [0.4, 0.5) is 4.79 Å². The highest BCUT2D eigenvalue weighted by molar-refractivity contribution is 5.87. The number of carboxylic acids is 1. The Bertz CT molecular complexity index is 1050. The summed E-state index contributed by atoms with van der Waals surface area (Å²) in [6.45, 7) is 3.60. The molecule has 34 heavy (non-hydrogen) atoms. The topological polar surface area (TPSA) is 105 Å². The second kappa shape index (κ2) is 9.46. The van der Waals surface area contributed by atoms with Crippen LogP contribution in [-0.4, -0.2) is 66.4 Å².